The molecule has 208 valence electrons. The van der Waals surface area contributed by atoms with Crippen molar-refractivity contribution in [2.75, 3.05) is 23.3 Å². The van der Waals surface area contributed by atoms with E-state index in [1.165, 1.54) is 6.07 Å². The van der Waals surface area contributed by atoms with Gasteiger partial charge in [0.2, 0.25) is 11.5 Å². The molecule has 2 N–H and O–H groups in total. The maximum absolute atomic E-state index is 12.3. The molecule has 40 heavy (non-hydrogen) atoms. The number of fused-ring (bicyclic) bond motifs is 1. The third-order valence-electron chi connectivity index (χ3n) is 6.79. The zero-order valence-electron chi connectivity index (χ0n) is 22.9. The fourth-order valence-corrected chi connectivity index (χ4v) is 4.69. The van der Waals surface area contributed by atoms with Crippen molar-refractivity contribution < 1.29 is 18.9 Å². The number of nitrogens with one attached hydrogen (secondary N) is 2. The van der Waals surface area contributed by atoms with E-state index < -0.39 is 10.5 Å². The number of rotatable bonds is 6. The quantitative estimate of drug-likeness (QED) is 0.208. The Morgan fingerprint density at radius 3 is 2.52 bits per heavy atom. The summed E-state index contributed by atoms with van der Waals surface area (Å²) >= 11 is 0. The zero-order chi connectivity index (χ0) is 28.5. The first-order valence-corrected chi connectivity index (χ1v) is 13.1. The molecule has 1 saturated heterocycles. The van der Waals surface area contributed by atoms with Crippen LogP contribution in [0.4, 0.5) is 27.8 Å². The van der Waals surface area contributed by atoms with Gasteiger partial charge in [0.15, 0.2) is 5.76 Å². The molecule has 0 radical (unpaired) electrons. The number of amides is 1. The van der Waals surface area contributed by atoms with Crippen molar-refractivity contribution in [3.8, 4) is 11.5 Å². The van der Waals surface area contributed by atoms with Crippen LogP contribution in [0.25, 0.3) is 22.4 Å². The molecule has 2 aromatic carbocycles. The molecule has 0 saturated carbocycles. The van der Waals surface area contributed by atoms with Crippen LogP contribution in [-0.2, 0) is 4.74 Å². The van der Waals surface area contributed by atoms with Crippen molar-refractivity contribution in [2.45, 2.75) is 51.7 Å². The number of piperidine rings is 1. The molecule has 1 aliphatic rings. The Hall–Kier alpha value is -4.67. The number of nitro benzene ring substituents is 1. The molecule has 1 amide bonds. The topological polar surface area (TPSA) is 136 Å². The van der Waals surface area contributed by atoms with Crippen LogP contribution in [0.15, 0.2) is 65.2 Å². The average molecular weight is 545 g/mol. The molecule has 1 aliphatic heterocycles. The predicted octanol–water partition coefficient (Wildman–Crippen LogP) is 6.43. The number of aromatic nitrogens is 2. The van der Waals surface area contributed by atoms with Gasteiger partial charge in [0.05, 0.1) is 4.92 Å². The fourth-order valence-electron chi connectivity index (χ4n) is 4.69. The van der Waals surface area contributed by atoms with Gasteiger partial charge in [-0.05, 0) is 76.9 Å². The van der Waals surface area contributed by atoms with Crippen molar-refractivity contribution in [1.82, 2.24) is 15.3 Å². The van der Waals surface area contributed by atoms with Gasteiger partial charge < -0.3 is 24.7 Å². The minimum atomic E-state index is -0.528. The molecule has 0 atom stereocenters. The number of carbonyl (C=O) groups excluding carboxylic acids is 1. The Bertz CT molecular complexity index is 1530. The van der Waals surface area contributed by atoms with E-state index in [1.807, 2.05) is 45.0 Å². The molecule has 0 spiro atoms. The maximum atomic E-state index is 12.3. The van der Waals surface area contributed by atoms with E-state index in [0.29, 0.717) is 22.8 Å². The molecule has 3 heterocycles. The molecular formula is C29H32N6O5. The molecular weight excluding hydrogens is 512 g/mol. The second-order valence-corrected chi connectivity index (χ2v) is 11.2. The van der Waals surface area contributed by atoms with Gasteiger partial charge in [0.1, 0.15) is 11.3 Å². The predicted molar refractivity (Wildman–Crippen MR) is 153 cm³/mol. The smallest absolute Gasteiger partial charge is 0.408 e. The summed E-state index contributed by atoms with van der Waals surface area (Å²) in [5.41, 5.74) is 1.69. The van der Waals surface area contributed by atoms with Crippen LogP contribution in [0, 0.1) is 10.1 Å². The molecule has 0 bridgehead atoms. The number of nitro groups is 1. The summed E-state index contributed by atoms with van der Waals surface area (Å²) in [6.07, 6.45) is 2.83. The number of anilines is 3. The van der Waals surface area contributed by atoms with Gasteiger partial charge in [-0.25, -0.2) is 14.8 Å². The van der Waals surface area contributed by atoms with Gasteiger partial charge in [0, 0.05) is 47.7 Å². The van der Waals surface area contributed by atoms with Crippen LogP contribution in [0.5, 0.6) is 0 Å². The van der Waals surface area contributed by atoms with Crippen LogP contribution < -0.4 is 15.5 Å². The van der Waals surface area contributed by atoms with Gasteiger partial charge in [-0.15, -0.1) is 0 Å². The highest BCUT2D eigenvalue weighted by atomic mass is 16.6. The number of nitrogens with zero attached hydrogens (tertiary/aromatic N) is 4. The summed E-state index contributed by atoms with van der Waals surface area (Å²) in [6, 6.07) is 16.2. The Morgan fingerprint density at radius 2 is 1.85 bits per heavy atom. The standard InChI is InChI=1S/C29H32N6O5/c1-28(2,3)40-27(36)33-29(4)13-16-34(17-14-29)21-10-8-20(9-11-21)31-26-30-15-12-22(32-26)24-18-19-6-5-7-23(35(37)38)25(19)39-24/h5-12,15,18H,13-14,16-17H2,1-4H3,(H,33,36)(H,30,31,32). The van der Waals surface area contributed by atoms with Gasteiger partial charge in [-0.3, -0.25) is 10.1 Å². The van der Waals surface area contributed by atoms with Crippen LogP contribution in [0.1, 0.15) is 40.5 Å². The maximum Gasteiger partial charge on any atom is 0.408 e. The lowest BCUT2D eigenvalue weighted by molar-refractivity contribution is -0.383. The van der Waals surface area contributed by atoms with Crippen molar-refractivity contribution in [3.63, 3.8) is 0 Å². The average Bonchev–Trinajstić information content (AvgIpc) is 3.33. The number of carbonyl (C=O) groups is 1. The largest absolute Gasteiger partial charge is 0.447 e. The highest BCUT2D eigenvalue weighted by Crippen LogP contribution is 2.33. The number of hydrogen-bond donors (Lipinski definition) is 2. The summed E-state index contributed by atoms with van der Waals surface area (Å²) in [4.78, 5) is 34.3. The van der Waals surface area contributed by atoms with Crippen LogP contribution in [-0.4, -0.2) is 45.2 Å². The molecule has 0 unspecified atom stereocenters. The molecule has 5 rings (SSSR count). The summed E-state index contributed by atoms with van der Waals surface area (Å²) in [6.45, 7) is 9.24. The summed E-state index contributed by atoms with van der Waals surface area (Å²) in [7, 11) is 0. The number of non-ortho nitro benzene ring substituents is 1. The Morgan fingerprint density at radius 1 is 1.12 bits per heavy atom. The number of alkyl carbamates (subject to hydrolysis) is 1. The third kappa shape index (κ3) is 6.14. The fraction of sp³-hybridized carbons (Fsp3) is 0.345. The molecule has 4 aromatic rings. The first-order chi connectivity index (χ1) is 19.0. The Kier molecular flexibility index (Phi) is 7.05. The molecule has 2 aromatic heterocycles. The highest BCUT2D eigenvalue weighted by Gasteiger charge is 2.33. The number of para-hydroxylation sites is 1. The number of furan rings is 1. The minimum Gasteiger partial charge on any atom is -0.447 e. The van der Waals surface area contributed by atoms with Crippen molar-refractivity contribution in [1.29, 1.82) is 0 Å². The second-order valence-electron chi connectivity index (χ2n) is 11.2. The SMILES string of the molecule is CC1(NC(=O)OC(C)(C)C)CCN(c2ccc(Nc3nccc(-c4cc5cccc([N+](=O)[O-])c5o4)n3)cc2)CC1. The normalized spacial score (nSPS) is 15.1. The number of ether oxygens (including phenoxy) is 1. The van der Waals surface area contributed by atoms with Gasteiger partial charge in [-0.2, -0.15) is 0 Å². The van der Waals surface area contributed by atoms with Crippen LogP contribution in [0.2, 0.25) is 0 Å². The van der Waals surface area contributed by atoms with E-state index in [2.05, 4.69) is 32.4 Å². The Balaban J connectivity index is 1.22. The van der Waals surface area contributed by atoms with Gasteiger partial charge in [-0.1, -0.05) is 12.1 Å². The summed E-state index contributed by atoms with van der Waals surface area (Å²) < 4.78 is 11.2. The minimum absolute atomic E-state index is 0.0890. The van der Waals surface area contributed by atoms with Crippen molar-refractivity contribution in [2.24, 2.45) is 0 Å². The molecule has 1 fully saturated rings. The van der Waals surface area contributed by atoms with Crippen molar-refractivity contribution >= 4 is 40.1 Å². The van der Waals surface area contributed by atoms with E-state index in [4.69, 9.17) is 9.15 Å². The van der Waals surface area contributed by atoms with Crippen molar-refractivity contribution in [3.05, 3.63) is 70.9 Å². The lowest BCUT2D eigenvalue weighted by Gasteiger charge is -2.41. The molecule has 11 heteroatoms. The van der Waals surface area contributed by atoms with Gasteiger partial charge in [0.25, 0.3) is 0 Å². The number of benzene rings is 2. The second kappa shape index (κ2) is 10.5. The van der Waals surface area contributed by atoms with Crippen LogP contribution >= 0.6 is 0 Å². The van der Waals surface area contributed by atoms with Crippen LogP contribution in [0.3, 0.4) is 0 Å². The summed E-state index contributed by atoms with van der Waals surface area (Å²) in [5.74, 6) is 0.797. The lowest BCUT2D eigenvalue weighted by Crippen LogP contribution is -2.54. The van der Waals surface area contributed by atoms with E-state index in [0.717, 1.165) is 37.3 Å². The molecule has 0 aliphatic carbocycles. The monoisotopic (exact) mass is 544 g/mol. The Labute approximate surface area is 231 Å². The zero-order valence-corrected chi connectivity index (χ0v) is 22.9. The third-order valence-corrected chi connectivity index (χ3v) is 6.79. The summed E-state index contributed by atoms with van der Waals surface area (Å²) in [5, 5.41) is 18.2. The first kappa shape index (κ1) is 26.9. The van der Waals surface area contributed by atoms with E-state index >= 15 is 0 Å². The van der Waals surface area contributed by atoms with E-state index in [-0.39, 0.29) is 22.9 Å². The lowest BCUT2D eigenvalue weighted by atomic mass is 9.89. The highest BCUT2D eigenvalue weighted by molar-refractivity contribution is 5.89. The number of hydrogen-bond acceptors (Lipinski definition) is 9. The van der Waals surface area contributed by atoms with Gasteiger partial charge >= 0.3 is 11.8 Å². The van der Waals surface area contributed by atoms with E-state index in [1.54, 1.807) is 30.5 Å². The first-order valence-electron chi connectivity index (χ1n) is 13.1. The molecule has 11 nitrogen and oxygen atoms in total. The van der Waals surface area contributed by atoms with E-state index in [9.17, 15) is 14.9 Å².